The summed E-state index contributed by atoms with van der Waals surface area (Å²) in [5.74, 6) is 0.217. The largest absolute Gasteiger partial charge is 0.435 e. The van der Waals surface area contributed by atoms with Crippen LogP contribution in [0.3, 0.4) is 0 Å². The van der Waals surface area contributed by atoms with E-state index in [1.807, 2.05) is 4.90 Å². The molecule has 0 atom stereocenters. The molecule has 1 aliphatic rings. The first kappa shape index (κ1) is 18.9. The van der Waals surface area contributed by atoms with Crippen LogP contribution < -0.4 is 15.0 Å². The Balaban J connectivity index is 1.54. The molecule has 0 unspecified atom stereocenters. The van der Waals surface area contributed by atoms with Gasteiger partial charge < -0.3 is 15.0 Å². The molecule has 3 heterocycles. The molecule has 0 aliphatic carbocycles. The lowest BCUT2D eigenvalue weighted by atomic mass is 10.1. The van der Waals surface area contributed by atoms with Crippen molar-refractivity contribution in [3.8, 4) is 16.9 Å². The molecule has 1 N–H and O–H groups in total. The molecule has 0 bridgehead atoms. The minimum absolute atomic E-state index is 0.00836. The van der Waals surface area contributed by atoms with Crippen LogP contribution in [0.5, 0.6) is 5.75 Å². The molecule has 0 radical (unpaired) electrons. The number of rotatable bonds is 6. The van der Waals surface area contributed by atoms with Crippen molar-refractivity contribution in [1.29, 1.82) is 0 Å². The average Bonchev–Trinajstić information content (AvgIpc) is 3.25. The van der Waals surface area contributed by atoms with Crippen LogP contribution >= 0.6 is 0 Å². The number of alkyl halides is 2. The maximum absolute atomic E-state index is 14.2. The minimum atomic E-state index is -2.88. The van der Waals surface area contributed by atoms with Crippen LogP contribution in [-0.2, 0) is 0 Å². The maximum atomic E-state index is 14.2. The fraction of sp³-hybridized carbons (Fsp3) is 0.263. The summed E-state index contributed by atoms with van der Waals surface area (Å²) >= 11 is 0. The molecular formula is C19H17F3N6O. The Kier molecular flexibility index (Phi) is 5.41. The smallest absolute Gasteiger partial charge is 0.387 e. The van der Waals surface area contributed by atoms with Crippen molar-refractivity contribution >= 4 is 17.6 Å². The second-order valence-electron chi connectivity index (χ2n) is 6.42. The third kappa shape index (κ3) is 4.53. The van der Waals surface area contributed by atoms with Gasteiger partial charge in [0.25, 0.3) is 0 Å². The second-order valence-corrected chi connectivity index (χ2v) is 6.42. The van der Waals surface area contributed by atoms with Gasteiger partial charge in [0.2, 0.25) is 5.95 Å². The van der Waals surface area contributed by atoms with Gasteiger partial charge in [-0.2, -0.15) is 18.9 Å². The number of anilines is 3. The van der Waals surface area contributed by atoms with Crippen LogP contribution in [0.4, 0.5) is 30.8 Å². The fourth-order valence-corrected chi connectivity index (χ4v) is 3.05. The van der Waals surface area contributed by atoms with Crippen molar-refractivity contribution in [3.05, 3.63) is 48.5 Å². The molecule has 0 saturated carbocycles. The van der Waals surface area contributed by atoms with E-state index in [-0.39, 0.29) is 11.6 Å². The van der Waals surface area contributed by atoms with Crippen molar-refractivity contribution < 1.29 is 17.9 Å². The molecule has 1 saturated heterocycles. The zero-order chi connectivity index (χ0) is 20.2. The molecule has 1 aliphatic heterocycles. The molecule has 0 spiro atoms. The van der Waals surface area contributed by atoms with E-state index in [0.29, 0.717) is 22.9 Å². The highest BCUT2D eigenvalue weighted by Gasteiger charge is 2.17. The van der Waals surface area contributed by atoms with Crippen molar-refractivity contribution in [1.82, 2.24) is 20.2 Å². The Hall–Kier alpha value is -3.43. The Bertz CT molecular complexity index is 980. The lowest BCUT2D eigenvalue weighted by Crippen LogP contribution is -2.21. The number of benzene rings is 1. The van der Waals surface area contributed by atoms with Gasteiger partial charge in [0, 0.05) is 18.7 Å². The zero-order valence-corrected chi connectivity index (χ0v) is 15.2. The summed E-state index contributed by atoms with van der Waals surface area (Å²) < 4.78 is 43.1. The van der Waals surface area contributed by atoms with Crippen LogP contribution in [-0.4, -0.2) is 39.9 Å². The maximum Gasteiger partial charge on any atom is 0.387 e. The first-order chi connectivity index (χ1) is 14.1. The van der Waals surface area contributed by atoms with Crippen LogP contribution in [0.2, 0.25) is 0 Å². The lowest BCUT2D eigenvalue weighted by Gasteiger charge is -2.16. The molecule has 7 nitrogen and oxygen atoms in total. The Morgan fingerprint density at radius 2 is 1.79 bits per heavy atom. The summed E-state index contributed by atoms with van der Waals surface area (Å²) in [5.41, 5.74) is 1.38. The van der Waals surface area contributed by atoms with Crippen molar-refractivity contribution in [2.45, 2.75) is 19.5 Å². The standard InChI is InChI=1S/C19H17F3N6O/c20-15-11-23-19(28-7-1-2-8-28)26-17(15)25-16-9-13(10-24-27-16)12-3-5-14(6-4-12)29-18(21)22/h3-6,9-11,18H,1-2,7-8H2,(H,23,25,26,27). The number of hydrogen-bond acceptors (Lipinski definition) is 7. The molecule has 3 aromatic rings. The Morgan fingerprint density at radius 3 is 2.52 bits per heavy atom. The monoisotopic (exact) mass is 402 g/mol. The molecule has 10 heteroatoms. The van der Waals surface area contributed by atoms with E-state index in [1.165, 1.54) is 18.3 Å². The summed E-state index contributed by atoms with van der Waals surface area (Å²) in [6, 6.07) is 7.76. The summed E-state index contributed by atoms with van der Waals surface area (Å²) in [6.07, 6.45) is 4.75. The second kappa shape index (κ2) is 8.29. The van der Waals surface area contributed by atoms with Gasteiger partial charge in [0.1, 0.15) is 5.75 Å². The van der Waals surface area contributed by atoms with Gasteiger partial charge in [-0.25, -0.2) is 9.37 Å². The summed E-state index contributed by atoms with van der Waals surface area (Å²) in [6.45, 7) is -1.20. The first-order valence-electron chi connectivity index (χ1n) is 9.01. The molecule has 0 amide bonds. The van der Waals surface area contributed by atoms with Crippen LogP contribution in [0.15, 0.2) is 42.7 Å². The minimum Gasteiger partial charge on any atom is -0.435 e. The first-order valence-corrected chi connectivity index (χ1v) is 9.01. The van der Waals surface area contributed by atoms with E-state index in [0.717, 1.165) is 32.1 Å². The normalized spacial score (nSPS) is 13.7. The van der Waals surface area contributed by atoms with Gasteiger partial charge in [0.15, 0.2) is 17.5 Å². The van der Waals surface area contributed by atoms with Crippen LogP contribution in [0.25, 0.3) is 11.1 Å². The molecule has 1 fully saturated rings. The van der Waals surface area contributed by atoms with Gasteiger partial charge in [-0.05, 0) is 36.6 Å². The van der Waals surface area contributed by atoms with Crippen molar-refractivity contribution in [2.75, 3.05) is 23.3 Å². The third-order valence-electron chi connectivity index (χ3n) is 4.43. The molecule has 2 aromatic heterocycles. The van der Waals surface area contributed by atoms with Gasteiger partial charge in [-0.3, -0.25) is 0 Å². The molecule has 29 heavy (non-hydrogen) atoms. The topological polar surface area (TPSA) is 76.1 Å². The zero-order valence-electron chi connectivity index (χ0n) is 15.2. The lowest BCUT2D eigenvalue weighted by molar-refractivity contribution is -0.0498. The van der Waals surface area contributed by atoms with E-state index in [2.05, 4.69) is 30.2 Å². The number of ether oxygens (including phenoxy) is 1. The molecular weight excluding hydrogens is 385 g/mol. The van der Waals surface area contributed by atoms with Gasteiger partial charge in [-0.1, -0.05) is 12.1 Å². The number of halogens is 3. The highest BCUT2D eigenvalue weighted by atomic mass is 19.3. The third-order valence-corrected chi connectivity index (χ3v) is 4.43. The molecule has 150 valence electrons. The van der Waals surface area contributed by atoms with Gasteiger partial charge in [0.05, 0.1) is 12.4 Å². The average molecular weight is 402 g/mol. The summed E-state index contributed by atoms with van der Waals surface area (Å²) in [7, 11) is 0. The highest BCUT2D eigenvalue weighted by Crippen LogP contribution is 2.26. The van der Waals surface area contributed by atoms with E-state index >= 15 is 0 Å². The quantitative estimate of drug-likeness (QED) is 0.667. The fourth-order valence-electron chi connectivity index (χ4n) is 3.05. The van der Waals surface area contributed by atoms with E-state index in [1.54, 1.807) is 18.2 Å². The SMILES string of the molecule is Fc1cnc(N2CCCC2)nc1Nc1cc(-c2ccc(OC(F)F)cc2)cnn1. The van der Waals surface area contributed by atoms with E-state index < -0.39 is 12.4 Å². The predicted molar refractivity (Wildman–Crippen MR) is 101 cm³/mol. The summed E-state index contributed by atoms with van der Waals surface area (Å²) in [5, 5.41) is 10.7. The van der Waals surface area contributed by atoms with Crippen LogP contribution in [0.1, 0.15) is 12.8 Å². The number of nitrogens with zero attached hydrogens (tertiary/aromatic N) is 5. The van der Waals surface area contributed by atoms with Crippen molar-refractivity contribution in [2.24, 2.45) is 0 Å². The predicted octanol–water partition coefficient (Wildman–Crippen LogP) is 4.02. The van der Waals surface area contributed by atoms with Crippen molar-refractivity contribution in [3.63, 3.8) is 0 Å². The highest BCUT2D eigenvalue weighted by molar-refractivity contribution is 5.67. The van der Waals surface area contributed by atoms with E-state index in [9.17, 15) is 13.2 Å². The van der Waals surface area contributed by atoms with Gasteiger partial charge >= 0.3 is 6.61 Å². The Labute approximate surface area is 164 Å². The summed E-state index contributed by atoms with van der Waals surface area (Å²) in [4.78, 5) is 10.3. The van der Waals surface area contributed by atoms with E-state index in [4.69, 9.17) is 0 Å². The molecule has 1 aromatic carbocycles. The van der Waals surface area contributed by atoms with Crippen LogP contribution in [0, 0.1) is 5.82 Å². The number of nitrogens with one attached hydrogen (secondary N) is 1. The number of aromatic nitrogens is 4. The number of hydrogen-bond donors (Lipinski definition) is 1. The van der Waals surface area contributed by atoms with Gasteiger partial charge in [-0.15, -0.1) is 5.10 Å². The Morgan fingerprint density at radius 1 is 1.03 bits per heavy atom. The molecule has 4 rings (SSSR count).